The minimum Gasteiger partial charge on any atom is -0.300 e. The fourth-order valence-corrected chi connectivity index (χ4v) is 1.33. The number of hydrogen-bond donors (Lipinski definition) is 0. The number of Topliss-reactive ketones (excluding diaryl/α,β-unsaturated/α-hetero) is 2. The lowest BCUT2D eigenvalue weighted by Gasteiger charge is -1.99. The number of halogens is 1. The SMILES string of the molecule is CC(=O)CCC(=O)c1ccc(Br)cc1. The van der Waals surface area contributed by atoms with Gasteiger partial charge in [-0.15, -0.1) is 0 Å². The standard InChI is InChI=1S/C11H11BrO2/c1-8(13)2-7-11(14)9-3-5-10(12)6-4-9/h3-6H,2,7H2,1H3. The van der Waals surface area contributed by atoms with Gasteiger partial charge < -0.3 is 4.79 Å². The van der Waals surface area contributed by atoms with Crippen LogP contribution in [0, 0.1) is 0 Å². The maximum Gasteiger partial charge on any atom is 0.163 e. The summed E-state index contributed by atoms with van der Waals surface area (Å²) in [5, 5.41) is 0. The largest absolute Gasteiger partial charge is 0.300 e. The van der Waals surface area contributed by atoms with E-state index >= 15 is 0 Å². The third-order valence-corrected chi connectivity index (χ3v) is 2.40. The zero-order valence-electron chi connectivity index (χ0n) is 7.92. The number of carbonyl (C=O) groups excluding carboxylic acids is 2. The van der Waals surface area contributed by atoms with E-state index in [0.29, 0.717) is 18.4 Å². The number of carbonyl (C=O) groups is 2. The van der Waals surface area contributed by atoms with Gasteiger partial charge in [0.2, 0.25) is 0 Å². The fourth-order valence-electron chi connectivity index (χ4n) is 1.07. The number of rotatable bonds is 4. The van der Waals surface area contributed by atoms with Gasteiger partial charge in [-0.3, -0.25) is 4.79 Å². The molecule has 0 amide bonds. The van der Waals surface area contributed by atoms with Crippen molar-refractivity contribution in [2.75, 3.05) is 0 Å². The predicted molar refractivity (Wildman–Crippen MR) is 58.4 cm³/mol. The zero-order valence-corrected chi connectivity index (χ0v) is 9.50. The van der Waals surface area contributed by atoms with Gasteiger partial charge in [0.15, 0.2) is 5.78 Å². The minimum atomic E-state index is 0.0210. The second kappa shape index (κ2) is 5.05. The van der Waals surface area contributed by atoms with Crippen molar-refractivity contribution < 1.29 is 9.59 Å². The van der Waals surface area contributed by atoms with E-state index < -0.39 is 0 Å². The summed E-state index contributed by atoms with van der Waals surface area (Å²) in [6.07, 6.45) is 0.631. The van der Waals surface area contributed by atoms with Crippen LogP contribution in [0.3, 0.4) is 0 Å². The van der Waals surface area contributed by atoms with Gasteiger partial charge in [0.1, 0.15) is 5.78 Å². The Morgan fingerprint density at radius 3 is 2.21 bits per heavy atom. The Balaban J connectivity index is 2.61. The molecular formula is C11H11BrO2. The van der Waals surface area contributed by atoms with E-state index in [9.17, 15) is 9.59 Å². The van der Waals surface area contributed by atoms with Crippen LogP contribution in [0.2, 0.25) is 0 Å². The van der Waals surface area contributed by atoms with Gasteiger partial charge in [-0.25, -0.2) is 0 Å². The fraction of sp³-hybridized carbons (Fsp3) is 0.273. The van der Waals surface area contributed by atoms with E-state index in [1.165, 1.54) is 6.92 Å². The molecule has 1 aromatic carbocycles. The van der Waals surface area contributed by atoms with E-state index in [1.54, 1.807) is 12.1 Å². The van der Waals surface area contributed by atoms with Gasteiger partial charge in [-0.2, -0.15) is 0 Å². The van der Waals surface area contributed by atoms with Gasteiger partial charge in [-0.05, 0) is 19.1 Å². The van der Waals surface area contributed by atoms with Gasteiger partial charge in [0.25, 0.3) is 0 Å². The Bertz CT molecular complexity index is 341. The first-order valence-electron chi connectivity index (χ1n) is 4.38. The van der Waals surface area contributed by atoms with E-state index in [0.717, 1.165) is 4.47 Å². The van der Waals surface area contributed by atoms with E-state index in [-0.39, 0.29) is 11.6 Å². The van der Waals surface area contributed by atoms with Crippen LogP contribution in [-0.2, 0) is 4.79 Å². The Morgan fingerprint density at radius 1 is 1.14 bits per heavy atom. The van der Waals surface area contributed by atoms with Crippen molar-refractivity contribution in [3.05, 3.63) is 34.3 Å². The molecule has 2 nitrogen and oxygen atoms in total. The summed E-state index contributed by atoms with van der Waals surface area (Å²) < 4.78 is 0.945. The highest BCUT2D eigenvalue weighted by Gasteiger charge is 2.06. The van der Waals surface area contributed by atoms with Crippen molar-refractivity contribution in [3.8, 4) is 0 Å². The maximum absolute atomic E-state index is 11.5. The molecule has 0 bridgehead atoms. The molecule has 0 fully saturated rings. The molecule has 0 heterocycles. The minimum absolute atomic E-state index is 0.0210. The highest BCUT2D eigenvalue weighted by molar-refractivity contribution is 9.10. The molecule has 1 rings (SSSR count). The molecule has 0 aromatic heterocycles. The highest BCUT2D eigenvalue weighted by atomic mass is 79.9. The lowest BCUT2D eigenvalue weighted by atomic mass is 10.1. The molecule has 0 unspecified atom stereocenters. The van der Waals surface area contributed by atoms with Gasteiger partial charge in [0, 0.05) is 22.9 Å². The van der Waals surface area contributed by atoms with Crippen LogP contribution >= 0.6 is 15.9 Å². The average molecular weight is 255 g/mol. The van der Waals surface area contributed by atoms with Crippen molar-refractivity contribution in [3.63, 3.8) is 0 Å². The Labute approximate surface area is 91.4 Å². The molecule has 0 atom stereocenters. The first-order valence-corrected chi connectivity index (χ1v) is 5.17. The average Bonchev–Trinajstić information content (AvgIpc) is 2.15. The molecule has 0 aliphatic heterocycles. The third-order valence-electron chi connectivity index (χ3n) is 1.87. The van der Waals surface area contributed by atoms with Crippen LogP contribution in [0.1, 0.15) is 30.1 Å². The quantitative estimate of drug-likeness (QED) is 0.775. The van der Waals surface area contributed by atoms with Gasteiger partial charge in [-0.1, -0.05) is 28.1 Å². The van der Waals surface area contributed by atoms with Crippen LogP contribution in [0.5, 0.6) is 0 Å². The summed E-state index contributed by atoms with van der Waals surface area (Å²) in [7, 11) is 0. The summed E-state index contributed by atoms with van der Waals surface area (Å²) in [5.74, 6) is 0.0724. The summed E-state index contributed by atoms with van der Waals surface area (Å²) >= 11 is 3.29. The normalized spacial score (nSPS) is 9.86. The zero-order chi connectivity index (χ0) is 10.6. The molecule has 3 heteroatoms. The molecule has 0 aliphatic rings. The van der Waals surface area contributed by atoms with Crippen LogP contribution in [0.4, 0.5) is 0 Å². The van der Waals surface area contributed by atoms with Crippen LogP contribution in [-0.4, -0.2) is 11.6 Å². The molecule has 0 saturated carbocycles. The van der Waals surface area contributed by atoms with Crippen LogP contribution in [0.15, 0.2) is 28.7 Å². The first kappa shape index (κ1) is 11.1. The monoisotopic (exact) mass is 254 g/mol. The van der Waals surface area contributed by atoms with Crippen molar-refractivity contribution in [1.82, 2.24) is 0 Å². The Kier molecular flexibility index (Phi) is 4.01. The first-order chi connectivity index (χ1) is 6.59. The number of ketones is 2. The molecule has 14 heavy (non-hydrogen) atoms. The maximum atomic E-state index is 11.5. The summed E-state index contributed by atoms with van der Waals surface area (Å²) in [6.45, 7) is 1.49. The second-order valence-corrected chi connectivity index (χ2v) is 4.05. The summed E-state index contributed by atoms with van der Waals surface area (Å²) in [6, 6.07) is 7.15. The van der Waals surface area contributed by atoms with E-state index in [4.69, 9.17) is 0 Å². The van der Waals surface area contributed by atoms with Crippen molar-refractivity contribution in [2.45, 2.75) is 19.8 Å². The van der Waals surface area contributed by atoms with Crippen molar-refractivity contribution >= 4 is 27.5 Å². The van der Waals surface area contributed by atoms with Gasteiger partial charge >= 0.3 is 0 Å². The number of hydrogen-bond acceptors (Lipinski definition) is 2. The Morgan fingerprint density at radius 2 is 1.71 bits per heavy atom. The predicted octanol–water partition coefficient (Wildman–Crippen LogP) is 3.00. The molecule has 0 saturated heterocycles. The van der Waals surface area contributed by atoms with E-state index in [2.05, 4.69) is 15.9 Å². The lowest BCUT2D eigenvalue weighted by molar-refractivity contribution is -0.116. The number of benzene rings is 1. The molecule has 1 aromatic rings. The van der Waals surface area contributed by atoms with Crippen molar-refractivity contribution in [1.29, 1.82) is 0 Å². The topological polar surface area (TPSA) is 34.1 Å². The molecule has 0 radical (unpaired) electrons. The smallest absolute Gasteiger partial charge is 0.163 e. The molecule has 74 valence electrons. The van der Waals surface area contributed by atoms with Crippen LogP contribution in [0.25, 0.3) is 0 Å². The Hall–Kier alpha value is -0.960. The van der Waals surface area contributed by atoms with Crippen molar-refractivity contribution in [2.24, 2.45) is 0 Å². The van der Waals surface area contributed by atoms with E-state index in [1.807, 2.05) is 12.1 Å². The van der Waals surface area contributed by atoms with Crippen LogP contribution < -0.4 is 0 Å². The highest BCUT2D eigenvalue weighted by Crippen LogP contribution is 2.12. The van der Waals surface area contributed by atoms with Gasteiger partial charge in [0.05, 0.1) is 0 Å². The second-order valence-electron chi connectivity index (χ2n) is 3.13. The molecule has 0 N–H and O–H groups in total. The molecule has 0 aliphatic carbocycles. The molecule has 0 spiro atoms. The summed E-state index contributed by atoms with van der Waals surface area (Å²) in [4.78, 5) is 22.2. The third kappa shape index (κ3) is 3.42. The summed E-state index contributed by atoms with van der Waals surface area (Å²) in [5.41, 5.74) is 0.662. The molecular weight excluding hydrogens is 244 g/mol. The lowest BCUT2D eigenvalue weighted by Crippen LogP contribution is -2.01.